The first-order valence-corrected chi connectivity index (χ1v) is 9.34. The van der Waals surface area contributed by atoms with Crippen molar-refractivity contribution in [2.24, 2.45) is 5.92 Å². The molecule has 0 unspecified atom stereocenters. The molecule has 0 aromatic heterocycles. The molecule has 0 heterocycles. The zero-order valence-corrected chi connectivity index (χ0v) is 13.6. The summed E-state index contributed by atoms with van der Waals surface area (Å²) in [6.07, 6.45) is 15.7. The van der Waals surface area contributed by atoms with E-state index < -0.39 is 0 Å². The van der Waals surface area contributed by atoms with Crippen LogP contribution < -0.4 is 10.6 Å². The van der Waals surface area contributed by atoms with Crippen molar-refractivity contribution in [2.45, 2.75) is 6.42 Å². The van der Waals surface area contributed by atoms with E-state index in [9.17, 15) is 0 Å². The molecule has 0 saturated carbocycles. The summed E-state index contributed by atoms with van der Waals surface area (Å²) in [6.45, 7) is 0. The largest absolute Gasteiger partial charge is 0.0873 e. The number of hydrogen-bond donors (Lipinski definition) is 0. The molecule has 0 spiro atoms. The van der Waals surface area contributed by atoms with Crippen molar-refractivity contribution in [1.29, 1.82) is 0 Å². The van der Waals surface area contributed by atoms with Crippen LogP contribution in [0.2, 0.25) is 0 Å². The number of rotatable bonds is 6. The minimum Gasteiger partial charge on any atom is -0.0873 e. The highest BCUT2D eigenvalue weighted by molar-refractivity contribution is 7.73. The molecule has 3 rings (SSSR count). The minimum absolute atomic E-state index is 0.297. The molecule has 110 valence electrons. The summed E-state index contributed by atoms with van der Waals surface area (Å²) < 4.78 is 0. The normalized spacial score (nSPS) is 14.4. The van der Waals surface area contributed by atoms with E-state index in [4.69, 9.17) is 0 Å². The fraction of sp³-hybridized carbons (Fsp3) is 0.143. The van der Waals surface area contributed by atoms with Crippen molar-refractivity contribution in [3.05, 3.63) is 97.1 Å². The number of hydrogen-bond acceptors (Lipinski definition) is 0. The van der Waals surface area contributed by atoms with Crippen LogP contribution >= 0.6 is 7.92 Å². The average molecular weight is 304 g/mol. The first-order chi connectivity index (χ1) is 10.9. The molecule has 0 N–H and O–H groups in total. The summed E-state index contributed by atoms with van der Waals surface area (Å²) in [6, 6.07) is 21.8. The number of benzene rings is 2. The second-order valence-electron chi connectivity index (χ2n) is 5.42. The van der Waals surface area contributed by atoms with Crippen LogP contribution in [0.25, 0.3) is 0 Å². The zero-order valence-electron chi connectivity index (χ0n) is 12.7. The second-order valence-corrected chi connectivity index (χ2v) is 7.68. The van der Waals surface area contributed by atoms with Crippen LogP contribution in [0.3, 0.4) is 0 Å². The molecule has 2 aromatic carbocycles. The molecule has 2 aromatic rings. The maximum absolute atomic E-state index is 2.37. The third-order valence-corrected chi connectivity index (χ3v) is 6.25. The smallest absolute Gasteiger partial charge is 0.00127 e. The standard InChI is InChI=1S/C21H21P/c1-3-14-20(15-4-1)22(21-16-5-2-6-17-21)18-10-9-13-19-11-7-8-12-19/h1-12,14-17,19H,13,18H2/b10-9-. The van der Waals surface area contributed by atoms with Crippen LogP contribution in [0.4, 0.5) is 0 Å². The minimum atomic E-state index is -0.297. The number of allylic oxidation sites excluding steroid dienone is 6. The van der Waals surface area contributed by atoms with Gasteiger partial charge < -0.3 is 0 Å². The van der Waals surface area contributed by atoms with E-state index in [-0.39, 0.29) is 7.92 Å². The van der Waals surface area contributed by atoms with Crippen LogP contribution in [0.15, 0.2) is 97.1 Å². The molecule has 0 nitrogen and oxygen atoms in total. The van der Waals surface area contributed by atoms with Gasteiger partial charge in [-0.05, 0) is 37.0 Å². The molecule has 0 saturated heterocycles. The molecule has 0 atom stereocenters. The van der Waals surface area contributed by atoms with Crippen LogP contribution in [0, 0.1) is 5.92 Å². The molecule has 0 aliphatic heterocycles. The van der Waals surface area contributed by atoms with Crippen LogP contribution in [0.1, 0.15) is 6.42 Å². The predicted octanol–water partition coefficient (Wildman–Crippen LogP) is 4.81. The summed E-state index contributed by atoms with van der Waals surface area (Å²) in [5.74, 6) is 0.593. The lowest BCUT2D eigenvalue weighted by Gasteiger charge is -2.17. The van der Waals surface area contributed by atoms with Gasteiger partial charge in [-0.3, -0.25) is 0 Å². The highest BCUT2D eigenvalue weighted by atomic mass is 31.1. The van der Waals surface area contributed by atoms with Gasteiger partial charge in [-0.1, -0.05) is 97.1 Å². The quantitative estimate of drug-likeness (QED) is 0.531. The highest BCUT2D eigenvalue weighted by Gasteiger charge is 2.11. The van der Waals surface area contributed by atoms with Gasteiger partial charge in [-0.15, -0.1) is 0 Å². The lowest BCUT2D eigenvalue weighted by atomic mass is 10.1. The summed E-state index contributed by atoms with van der Waals surface area (Å²) in [4.78, 5) is 0. The Morgan fingerprint density at radius 3 is 1.82 bits per heavy atom. The van der Waals surface area contributed by atoms with Crippen molar-refractivity contribution < 1.29 is 0 Å². The third kappa shape index (κ3) is 4.06. The first-order valence-electron chi connectivity index (χ1n) is 7.81. The van der Waals surface area contributed by atoms with Crippen molar-refractivity contribution in [2.75, 3.05) is 6.16 Å². The maximum Gasteiger partial charge on any atom is -0.00127 e. The maximum atomic E-state index is 2.37. The Balaban J connectivity index is 1.70. The lowest BCUT2D eigenvalue weighted by molar-refractivity contribution is 0.844. The van der Waals surface area contributed by atoms with Crippen molar-refractivity contribution in [3.63, 3.8) is 0 Å². The van der Waals surface area contributed by atoms with Gasteiger partial charge >= 0.3 is 0 Å². The molecule has 1 aliphatic rings. The molecule has 0 fully saturated rings. The van der Waals surface area contributed by atoms with E-state index >= 15 is 0 Å². The van der Waals surface area contributed by atoms with Crippen LogP contribution in [-0.2, 0) is 0 Å². The Hall–Kier alpha value is -1.91. The first kappa shape index (κ1) is 15.0. The van der Waals surface area contributed by atoms with Gasteiger partial charge in [0.15, 0.2) is 0 Å². The van der Waals surface area contributed by atoms with E-state index in [1.807, 2.05) is 0 Å². The van der Waals surface area contributed by atoms with Gasteiger partial charge in [-0.25, -0.2) is 0 Å². The molecular weight excluding hydrogens is 283 g/mol. The Morgan fingerprint density at radius 2 is 1.27 bits per heavy atom. The van der Waals surface area contributed by atoms with E-state index in [1.165, 1.54) is 10.6 Å². The van der Waals surface area contributed by atoms with E-state index in [2.05, 4.69) is 97.1 Å². The van der Waals surface area contributed by atoms with Gasteiger partial charge in [0.25, 0.3) is 0 Å². The van der Waals surface area contributed by atoms with Gasteiger partial charge in [0.1, 0.15) is 0 Å². The van der Waals surface area contributed by atoms with E-state index in [1.54, 1.807) is 0 Å². The summed E-state index contributed by atoms with van der Waals surface area (Å²) >= 11 is 0. The van der Waals surface area contributed by atoms with Gasteiger partial charge in [0.2, 0.25) is 0 Å². The van der Waals surface area contributed by atoms with E-state index in [0.717, 1.165) is 12.6 Å². The van der Waals surface area contributed by atoms with Gasteiger partial charge in [0.05, 0.1) is 0 Å². The summed E-state index contributed by atoms with van der Waals surface area (Å²) in [5.41, 5.74) is 0. The Bertz CT molecular complexity index is 601. The highest BCUT2D eigenvalue weighted by Crippen LogP contribution is 2.33. The molecule has 0 radical (unpaired) electrons. The predicted molar refractivity (Wildman–Crippen MR) is 99.5 cm³/mol. The zero-order chi connectivity index (χ0) is 15.0. The molecule has 22 heavy (non-hydrogen) atoms. The van der Waals surface area contributed by atoms with Gasteiger partial charge in [-0.2, -0.15) is 0 Å². The summed E-state index contributed by atoms with van der Waals surface area (Å²) in [7, 11) is -0.297. The third-order valence-electron chi connectivity index (χ3n) is 3.83. The summed E-state index contributed by atoms with van der Waals surface area (Å²) in [5, 5.41) is 2.91. The van der Waals surface area contributed by atoms with Crippen LogP contribution in [0.5, 0.6) is 0 Å². The van der Waals surface area contributed by atoms with Crippen molar-refractivity contribution in [1.82, 2.24) is 0 Å². The Kier molecular flexibility index (Phi) is 5.40. The van der Waals surface area contributed by atoms with Gasteiger partial charge in [0, 0.05) is 0 Å². The molecule has 1 heteroatoms. The SMILES string of the molecule is C1=CC(C/C=C\CP(c2ccccc2)c2ccccc2)C=C1. The Labute approximate surface area is 134 Å². The van der Waals surface area contributed by atoms with Crippen molar-refractivity contribution in [3.8, 4) is 0 Å². The van der Waals surface area contributed by atoms with E-state index in [0.29, 0.717) is 5.92 Å². The van der Waals surface area contributed by atoms with Crippen molar-refractivity contribution >= 4 is 18.5 Å². The topological polar surface area (TPSA) is 0 Å². The molecular formula is C21H21P. The lowest BCUT2D eigenvalue weighted by Crippen LogP contribution is -2.12. The molecule has 1 aliphatic carbocycles. The molecule has 0 amide bonds. The fourth-order valence-corrected chi connectivity index (χ4v) is 4.79. The van der Waals surface area contributed by atoms with Crippen LogP contribution in [-0.4, -0.2) is 6.16 Å². The molecule has 0 bridgehead atoms. The monoisotopic (exact) mass is 304 g/mol. The second kappa shape index (κ2) is 7.92. The average Bonchev–Trinajstić information content (AvgIpc) is 3.10. The fourth-order valence-electron chi connectivity index (χ4n) is 2.64. The Morgan fingerprint density at radius 1 is 0.727 bits per heavy atom.